The van der Waals surface area contributed by atoms with Gasteiger partial charge in [0.1, 0.15) is 5.75 Å². The van der Waals surface area contributed by atoms with Crippen molar-refractivity contribution in [1.82, 2.24) is 4.90 Å². The topological polar surface area (TPSA) is 38.5 Å². The fraction of sp³-hybridized carbons (Fsp3) is 0.667. The Morgan fingerprint density at radius 2 is 1.86 bits per heavy atom. The van der Waals surface area contributed by atoms with E-state index in [1.54, 1.807) is 7.11 Å². The quantitative estimate of drug-likeness (QED) is 0.834. The number of benzene rings is 1. The van der Waals surface area contributed by atoms with Gasteiger partial charge in [0.2, 0.25) is 0 Å². The molecule has 2 N–H and O–H groups in total. The summed E-state index contributed by atoms with van der Waals surface area (Å²) in [4.78, 5) is 2.46. The Labute approximate surface area is 129 Å². The first-order chi connectivity index (χ1) is 10.2. The van der Waals surface area contributed by atoms with E-state index in [2.05, 4.69) is 31.0 Å². The maximum atomic E-state index is 6.42. The first-order valence-corrected chi connectivity index (χ1v) is 8.25. The number of hydrogen-bond acceptors (Lipinski definition) is 3. The molecular weight excluding hydrogens is 260 g/mol. The minimum atomic E-state index is 0.171. The van der Waals surface area contributed by atoms with E-state index < -0.39 is 0 Å². The Kier molecular flexibility index (Phi) is 6.07. The van der Waals surface area contributed by atoms with Crippen LogP contribution in [-0.2, 0) is 0 Å². The predicted molar refractivity (Wildman–Crippen MR) is 88.6 cm³/mol. The van der Waals surface area contributed by atoms with Crippen molar-refractivity contribution < 1.29 is 4.74 Å². The van der Waals surface area contributed by atoms with E-state index in [0.717, 1.165) is 24.6 Å². The third-order valence-corrected chi connectivity index (χ3v) is 4.83. The van der Waals surface area contributed by atoms with Gasteiger partial charge in [0.05, 0.1) is 7.11 Å². The Hall–Kier alpha value is -1.06. The summed E-state index contributed by atoms with van der Waals surface area (Å²) in [6.07, 6.45) is 6.53. The molecule has 1 aromatic carbocycles. The van der Waals surface area contributed by atoms with Gasteiger partial charge in [-0.25, -0.2) is 0 Å². The summed E-state index contributed by atoms with van der Waals surface area (Å²) in [6.45, 7) is 3.33. The van der Waals surface area contributed by atoms with Crippen molar-refractivity contribution in [2.75, 3.05) is 20.7 Å². The predicted octanol–water partition coefficient (Wildman–Crippen LogP) is 3.60. The smallest absolute Gasteiger partial charge is 0.118 e. The first kappa shape index (κ1) is 16.3. The molecule has 1 saturated carbocycles. The standard InChI is InChI=1S/C18H30N2O/c1-4-17(19)18(15-9-11-16(21-3)12-10-15)20(2)13-14-7-5-6-8-14/h9-12,14,17-18H,4-8,13,19H2,1-3H3. The SMILES string of the molecule is CCC(N)C(c1ccc(OC)cc1)N(C)CC1CCCC1. The summed E-state index contributed by atoms with van der Waals surface area (Å²) >= 11 is 0. The number of hydrogen-bond donors (Lipinski definition) is 1. The van der Waals surface area contributed by atoms with E-state index in [-0.39, 0.29) is 6.04 Å². The van der Waals surface area contributed by atoms with Crippen molar-refractivity contribution in [2.45, 2.75) is 51.1 Å². The van der Waals surface area contributed by atoms with Gasteiger partial charge in [-0.1, -0.05) is 31.9 Å². The van der Waals surface area contributed by atoms with Crippen molar-refractivity contribution in [3.8, 4) is 5.75 Å². The minimum absolute atomic E-state index is 0.171. The summed E-state index contributed by atoms with van der Waals surface area (Å²) < 4.78 is 5.26. The Balaban J connectivity index is 2.11. The lowest BCUT2D eigenvalue weighted by Crippen LogP contribution is -2.40. The zero-order valence-electron chi connectivity index (χ0n) is 13.7. The van der Waals surface area contributed by atoms with Gasteiger partial charge < -0.3 is 10.5 Å². The number of rotatable bonds is 7. The Morgan fingerprint density at radius 1 is 1.24 bits per heavy atom. The molecule has 21 heavy (non-hydrogen) atoms. The average molecular weight is 290 g/mol. The van der Waals surface area contributed by atoms with Crippen LogP contribution >= 0.6 is 0 Å². The summed E-state index contributed by atoms with van der Waals surface area (Å²) in [5.74, 6) is 1.75. The Bertz CT molecular complexity index is 412. The molecule has 2 unspecified atom stereocenters. The van der Waals surface area contributed by atoms with Gasteiger partial charge in [-0.05, 0) is 49.9 Å². The molecule has 0 amide bonds. The van der Waals surface area contributed by atoms with E-state index in [1.165, 1.54) is 31.2 Å². The molecule has 0 aliphatic heterocycles. The number of methoxy groups -OCH3 is 1. The third kappa shape index (κ3) is 4.21. The summed E-state index contributed by atoms with van der Waals surface area (Å²) in [7, 11) is 3.93. The zero-order chi connectivity index (χ0) is 15.2. The van der Waals surface area contributed by atoms with Crippen molar-refractivity contribution >= 4 is 0 Å². The summed E-state index contributed by atoms with van der Waals surface area (Å²) in [5.41, 5.74) is 7.72. The number of likely N-dealkylation sites (N-methyl/N-ethyl adjacent to an activating group) is 1. The monoisotopic (exact) mass is 290 g/mol. The highest BCUT2D eigenvalue weighted by atomic mass is 16.5. The fourth-order valence-electron chi connectivity index (χ4n) is 3.57. The van der Waals surface area contributed by atoms with Crippen LogP contribution in [0.15, 0.2) is 24.3 Å². The lowest BCUT2D eigenvalue weighted by atomic mass is 9.95. The summed E-state index contributed by atoms with van der Waals surface area (Å²) in [5, 5.41) is 0. The molecule has 0 heterocycles. The molecule has 0 saturated heterocycles. The molecule has 0 radical (unpaired) electrons. The molecular formula is C18H30N2O. The van der Waals surface area contributed by atoms with E-state index in [4.69, 9.17) is 10.5 Å². The van der Waals surface area contributed by atoms with Crippen molar-refractivity contribution in [3.63, 3.8) is 0 Å². The molecule has 0 bridgehead atoms. The molecule has 118 valence electrons. The highest BCUT2D eigenvalue weighted by Gasteiger charge is 2.26. The van der Waals surface area contributed by atoms with Crippen LogP contribution < -0.4 is 10.5 Å². The Morgan fingerprint density at radius 3 is 2.38 bits per heavy atom. The molecule has 2 atom stereocenters. The van der Waals surface area contributed by atoms with E-state index in [1.807, 2.05) is 12.1 Å². The summed E-state index contributed by atoms with van der Waals surface area (Å²) in [6, 6.07) is 8.85. The van der Waals surface area contributed by atoms with Crippen LogP contribution in [0.3, 0.4) is 0 Å². The second-order valence-electron chi connectivity index (χ2n) is 6.38. The maximum absolute atomic E-state index is 6.42. The molecule has 0 aromatic heterocycles. The van der Waals surface area contributed by atoms with Gasteiger partial charge in [0, 0.05) is 18.6 Å². The lowest BCUT2D eigenvalue weighted by Gasteiger charge is -2.34. The molecule has 2 rings (SSSR count). The molecule has 3 heteroatoms. The van der Waals surface area contributed by atoms with Crippen molar-refractivity contribution in [2.24, 2.45) is 11.7 Å². The van der Waals surface area contributed by atoms with Gasteiger partial charge in [-0.3, -0.25) is 4.90 Å². The van der Waals surface area contributed by atoms with E-state index >= 15 is 0 Å². The number of nitrogens with zero attached hydrogens (tertiary/aromatic N) is 1. The van der Waals surface area contributed by atoms with Crippen LogP contribution in [0, 0.1) is 5.92 Å². The second kappa shape index (κ2) is 7.81. The second-order valence-corrected chi connectivity index (χ2v) is 6.38. The van der Waals surface area contributed by atoms with Gasteiger partial charge >= 0.3 is 0 Å². The van der Waals surface area contributed by atoms with Crippen LogP contribution in [0.5, 0.6) is 5.75 Å². The number of nitrogens with two attached hydrogens (primary N) is 1. The van der Waals surface area contributed by atoms with Gasteiger partial charge in [-0.2, -0.15) is 0 Å². The molecule has 0 spiro atoms. The molecule has 3 nitrogen and oxygen atoms in total. The van der Waals surface area contributed by atoms with Gasteiger partial charge in [-0.15, -0.1) is 0 Å². The first-order valence-electron chi connectivity index (χ1n) is 8.25. The zero-order valence-corrected chi connectivity index (χ0v) is 13.7. The average Bonchev–Trinajstić information content (AvgIpc) is 3.00. The highest BCUT2D eigenvalue weighted by molar-refractivity contribution is 5.30. The van der Waals surface area contributed by atoms with Crippen LogP contribution in [0.4, 0.5) is 0 Å². The fourth-order valence-corrected chi connectivity index (χ4v) is 3.57. The molecule has 1 aliphatic carbocycles. The van der Waals surface area contributed by atoms with Gasteiger partial charge in [0.15, 0.2) is 0 Å². The van der Waals surface area contributed by atoms with Crippen LogP contribution in [0.2, 0.25) is 0 Å². The highest BCUT2D eigenvalue weighted by Crippen LogP contribution is 2.30. The van der Waals surface area contributed by atoms with Gasteiger partial charge in [0.25, 0.3) is 0 Å². The van der Waals surface area contributed by atoms with Crippen molar-refractivity contribution in [1.29, 1.82) is 0 Å². The maximum Gasteiger partial charge on any atom is 0.118 e. The third-order valence-electron chi connectivity index (χ3n) is 4.83. The van der Waals surface area contributed by atoms with E-state index in [0.29, 0.717) is 6.04 Å². The molecule has 1 aliphatic rings. The minimum Gasteiger partial charge on any atom is -0.497 e. The largest absolute Gasteiger partial charge is 0.497 e. The molecule has 1 aromatic rings. The lowest BCUT2D eigenvalue weighted by molar-refractivity contribution is 0.180. The molecule has 1 fully saturated rings. The normalized spacial score (nSPS) is 18.9. The van der Waals surface area contributed by atoms with Crippen molar-refractivity contribution in [3.05, 3.63) is 29.8 Å². The number of ether oxygens (including phenoxy) is 1. The van der Waals surface area contributed by atoms with Crippen LogP contribution in [0.25, 0.3) is 0 Å². The van der Waals surface area contributed by atoms with E-state index in [9.17, 15) is 0 Å². The van der Waals surface area contributed by atoms with Crippen LogP contribution in [-0.4, -0.2) is 31.6 Å². The van der Waals surface area contributed by atoms with Crippen LogP contribution in [0.1, 0.15) is 50.6 Å².